The van der Waals surface area contributed by atoms with Gasteiger partial charge in [-0.15, -0.1) is 0 Å². The number of carboxylic acid groups (broad SMARTS) is 1. The van der Waals surface area contributed by atoms with Gasteiger partial charge in [0.1, 0.15) is 0 Å². The highest BCUT2D eigenvalue weighted by atomic mass is 35.5. The molecule has 0 aliphatic heterocycles. The average molecular weight is 260 g/mol. The second-order valence-electron chi connectivity index (χ2n) is 3.23. The summed E-state index contributed by atoms with van der Waals surface area (Å²) in [5, 5.41) is 12.4. The number of nitrogens with one attached hydrogen (secondary N) is 1. The van der Waals surface area contributed by atoms with Crippen molar-refractivity contribution >= 4 is 29.2 Å². The van der Waals surface area contributed by atoms with Gasteiger partial charge < -0.3 is 10.4 Å². The highest BCUT2D eigenvalue weighted by molar-refractivity contribution is 6.35. The molecule has 0 spiro atoms. The van der Waals surface area contributed by atoms with Crippen LogP contribution in [0.1, 0.15) is 18.5 Å². The first kappa shape index (κ1) is 12.9. The van der Waals surface area contributed by atoms with Crippen LogP contribution in [0.15, 0.2) is 30.5 Å². The van der Waals surface area contributed by atoms with Crippen LogP contribution < -0.4 is 5.32 Å². The normalized spacial score (nSPS) is 12.7. The second kappa shape index (κ2) is 5.77. The third-order valence-corrected chi connectivity index (χ3v) is 2.56. The van der Waals surface area contributed by atoms with Gasteiger partial charge in [-0.3, -0.25) is 0 Å². The average Bonchev–Trinajstić information content (AvgIpc) is 2.16. The van der Waals surface area contributed by atoms with Gasteiger partial charge in [0.25, 0.3) is 0 Å². The molecule has 0 heterocycles. The van der Waals surface area contributed by atoms with Crippen molar-refractivity contribution in [1.29, 1.82) is 0 Å². The molecule has 0 saturated heterocycles. The third kappa shape index (κ3) is 3.76. The molecule has 1 unspecified atom stereocenters. The van der Waals surface area contributed by atoms with E-state index in [4.69, 9.17) is 28.3 Å². The summed E-state index contributed by atoms with van der Waals surface area (Å²) < 4.78 is 0. The monoisotopic (exact) mass is 259 g/mol. The Bertz CT molecular complexity index is 418. The van der Waals surface area contributed by atoms with Crippen molar-refractivity contribution < 1.29 is 9.90 Å². The van der Waals surface area contributed by atoms with Crippen LogP contribution >= 0.6 is 23.2 Å². The van der Waals surface area contributed by atoms with E-state index < -0.39 is 5.97 Å². The van der Waals surface area contributed by atoms with E-state index in [1.165, 1.54) is 6.20 Å². The molecule has 0 bridgehead atoms. The zero-order valence-electron chi connectivity index (χ0n) is 8.58. The Labute approximate surface area is 104 Å². The molecule has 1 aromatic carbocycles. The zero-order chi connectivity index (χ0) is 12.1. The lowest BCUT2D eigenvalue weighted by atomic mass is 10.1. The predicted octanol–water partition coefficient (Wildman–Crippen LogP) is 3.24. The van der Waals surface area contributed by atoms with Crippen LogP contribution in [0.4, 0.5) is 0 Å². The molecule has 1 aromatic rings. The highest BCUT2D eigenvalue weighted by Crippen LogP contribution is 2.25. The summed E-state index contributed by atoms with van der Waals surface area (Å²) in [4.78, 5) is 10.3. The van der Waals surface area contributed by atoms with Crippen molar-refractivity contribution in [1.82, 2.24) is 5.32 Å². The molecule has 0 radical (unpaired) electrons. The minimum absolute atomic E-state index is 0.0830. The first-order valence-electron chi connectivity index (χ1n) is 4.61. The van der Waals surface area contributed by atoms with E-state index in [1.54, 1.807) is 18.2 Å². The molecule has 16 heavy (non-hydrogen) atoms. The van der Waals surface area contributed by atoms with Gasteiger partial charge in [0.2, 0.25) is 0 Å². The number of carboxylic acids is 1. The van der Waals surface area contributed by atoms with E-state index >= 15 is 0 Å². The van der Waals surface area contributed by atoms with Gasteiger partial charge in [0, 0.05) is 28.4 Å². The molecule has 0 aromatic heterocycles. The Kier molecular flexibility index (Phi) is 4.65. The molecule has 0 aliphatic carbocycles. The third-order valence-electron chi connectivity index (χ3n) is 2.00. The molecule has 2 N–H and O–H groups in total. The van der Waals surface area contributed by atoms with Crippen LogP contribution in [0.5, 0.6) is 0 Å². The topological polar surface area (TPSA) is 49.3 Å². The molecule has 1 rings (SSSR count). The largest absolute Gasteiger partial charge is 0.478 e. The highest BCUT2D eigenvalue weighted by Gasteiger charge is 2.07. The van der Waals surface area contributed by atoms with Crippen molar-refractivity contribution in [2.24, 2.45) is 0 Å². The number of benzene rings is 1. The lowest BCUT2D eigenvalue weighted by Gasteiger charge is -2.13. The van der Waals surface area contributed by atoms with E-state index in [0.717, 1.165) is 11.6 Å². The van der Waals surface area contributed by atoms with Crippen molar-refractivity contribution in [2.45, 2.75) is 13.0 Å². The maximum Gasteiger partial charge on any atom is 0.329 e. The molecule has 3 nitrogen and oxygen atoms in total. The van der Waals surface area contributed by atoms with Gasteiger partial charge in [-0.2, -0.15) is 0 Å². The summed E-state index contributed by atoms with van der Waals surface area (Å²) in [5.74, 6) is -0.998. The minimum Gasteiger partial charge on any atom is -0.478 e. The Hall–Kier alpha value is -1.19. The van der Waals surface area contributed by atoms with Crippen LogP contribution in [0.3, 0.4) is 0 Å². The lowest BCUT2D eigenvalue weighted by Crippen LogP contribution is -2.12. The molecule has 5 heteroatoms. The van der Waals surface area contributed by atoms with E-state index in [-0.39, 0.29) is 6.04 Å². The predicted molar refractivity (Wildman–Crippen MR) is 64.8 cm³/mol. The smallest absolute Gasteiger partial charge is 0.329 e. The Balaban J connectivity index is 2.73. The Morgan fingerprint density at radius 3 is 2.75 bits per heavy atom. The summed E-state index contributed by atoms with van der Waals surface area (Å²) in [6.07, 6.45) is 2.40. The molecule has 1 atom stereocenters. The number of rotatable bonds is 4. The minimum atomic E-state index is -0.998. The van der Waals surface area contributed by atoms with E-state index in [0.29, 0.717) is 10.0 Å². The van der Waals surface area contributed by atoms with Crippen molar-refractivity contribution in [3.63, 3.8) is 0 Å². The Morgan fingerprint density at radius 1 is 1.50 bits per heavy atom. The van der Waals surface area contributed by atoms with Crippen LogP contribution in [-0.4, -0.2) is 11.1 Å². The summed E-state index contributed by atoms with van der Waals surface area (Å²) >= 11 is 11.8. The van der Waals surface area contributed by atoms with Crippen LogP contribution in [-0.2, 0) is 4.79 Å². The number of carbonyl (C=O) groups is 1. The first-order valence-corrected chi connectivity index (χ1v) is 5.37. The summed E-state index contributed by atoms with van der Waals surface area (Å²) in [6, 6.07) is 5.11. The number of hydrogen-bond donors (Lipinski definition) is 2. The van der Waals surface area contributed by atoms with Gasteiger partial charge in [-0.1, -0.05) is 29.3 Å². The van der Waals surface area contributed by atoms with Gasteiger partial charge in [0.15, 0.2) is 0 Å². The maximum atomic E-state index is 10.3. The van der Waals surface area contributed by atoms with Gasteiger partial charge in [-0.05, 0) is 24.6 Å². The second-order valence-corrected chi connectivity index (χ2v) is 4.07. The van der Waals surface area contributed by atoms with Gasteiger partial charge >= 0.3 is 5.97 Å². The molecular weight excluding hydrogens is 249 g/mol. The molecule has 0 saturated carbocycles. The summed E-state index contributed by atoms with van der Waals surface area (Å²) in [5.41, 5.74) is 0.862. The molecule has 0 aliphatic rings. The van der Waals surface area contributed by atoms with Crippen LogP contribution in [0.25, 0.3) is 0 Å². The first-order chi connectivity index (χ1) is 7.50. The Morgan fingerprint density at radius 2 is 2.19 bits per heavy atom. The lowest BCUT2D eigenvalue weighted by molar-refractivity contribution is -0.131. The molecule has 86 valence electrons. The quantitative estimate of drug-likeness (QED) is 0.817. The molecule has 0 fully saturated rings. The van der Waals surface area contributed by atoms with E-state index in [2.05, 4.69) is 5.32 Å². The number of aliphatic carboxylic acids is 1. The van der Waals surface area contributed by atoms with Crippen molar-refractivity contribution in [3.05, 3.63) is 46.1 Å². The fourth-order valence-electron chi connectivity index (χ4n) is 1.21. The van der Waals surface area contributed by atoms with Crippen molar-refractivity contribution in [2.75, 3.05) is 0 Å². The SMILES string of the molecule is CC(N/C=C/C(=O)O)c1ccc(Cl)cc1Cl. The zero-order valence-corrected chi connectivity index (χ0v) is 10.1. The summed E-state index contributed by atoms with van der Waals surface area (Å²) in [7, 11) is 0. The summed E-state index contributed by atoms with van der Waals surface area (Å²) in [6.45, 7) is 1.88. The van der Waals surface area contributed by atoms with Crippen molar-refractivity contribution in [3.8, 4) is 0 Å². The fraction of sp³-hybridized carbons (Fsp3) is 0.182. The fourth-order valence-corrected chi connectivity index (χ4v) is 1.78. The van der Waals surface area contributed by atoms with Gasteiger partial charge in [0.05, 0.1) is 0 Å². The van der Waals surface area contributed by atoms with Crippen LogP contribution in [0.2, 0.25) is 10.0 Å². The standard InChI is InChI=1S/C11H11Cl2NO2/c1-7(14-5-4-11(15)16)9-3-2-8(12)6-10(9)13/h2-7,14H,1H3,(H,15,16)/b5-4+. The number of hydrogen-bond acceptors (Lipinski definition) is 2. The van der Waals surface area contributed by atoms with Crippen LogP contribution in [0, 0.1) is 0 Å². The van der Waals surface area contributed by atoms with E-state index in [1.807, 2.05) is 6.92 Å². The van der Waals surface area contributed by atoms with Gasteiger partial charge in [-0.25, -0.2) is 4.79 Å². The van der Waals surface area contributed by atoms with E-state index in [9.17, 15) is 4.79 Å². The molecular formula is C11H11Cl2NO2. The number of halogens is 2. The molecule has 0 amide bonds. The maximum absolute atomic E-state index is 10.3.